The second-order valence-corrected chi connectivity index (χ2v) is 5.88. The van der Waals surface area contributed by atoms with Crippen molar-refractivity contribution < 1.29 is 4.79 Å². The zero-order valence-electron chi connectivity index (χ0n) is 10.8. The van der Waals surface area contributed by atoms with Gasteiger partial charge in [0.15, 0.2) is 0 Å². The fourth-order valence-electron chi connectivity index (χ4n) is 2.52. The second-order valence-electron chi connectivity index (χ2n) is 5.00. The Kier molecular flexibility index (Phi) is 4.42. The summed E-state index contributed by atoms with van der Waals surface area (Å²) < 4.78 is 0. The maximum atomic E-state index is 12.2. The lowest BCUT2D eigenvalue weighted by atomic mass is 10.0. The molecule has 2 rings (SSSR count). The van der Waals surface area contributed by atoms with Gasteiger partial charge in [0, 0.05) is 12.0 Å². The Morgan fingerprint density at radius 1 is 1.47 bits per heavy atom. The zero-order valence-corrected chi connectivity index (χ0v) is 12.4. The van der Waals surface area contributed by atoms with Crippen molar-refractivity contribution in [2.24, 2.45) is 11.7 Å². The number of hydrogen-bond donors (Lipinski definition) is 2. The van der Waals surface area contributed by atoms with Crippen LogP contribution in [0.4, 0.5) is 0 Å². The summed E-state index contributed by atoms with van der Waals surface area (Å²) in [5.41, 5.74) is 7.24. The molecule has 1 saturated carbocycles. The minimum atomic E-state index is -0.154. The van der Waals surface area contributed by atoms with Crippen molar-refractivity contribution in [3.05, 3.63) is 34.3 Å². The highest BCUT2D eigenvalue weighted by molar-refractivity contribution is 7.80. The van der Waals surface area contributed by atoms with Crippen molar-refractivity contribution in [1.29, 1.82) is 0 Å². The fourth-order valence-corrected chi connectivity index (χ4v) is 3.13. The van der Waals surface area contributed by atoms with Crippen LogP contribution in [0.2, 0.25) is 5.02 Å². The molecule has 1 aromatic carbocycles. The number of aryl methyl sites for hydroxylation is 1. The van der Waals surface area contributed by atoms with E-state index in [2.05, 4.69) is 5.32 Å². The molecule has 1 aromatic rings. The lowest BCUT2D eigenvalue weighted by Gasteiger charge is -2.20. The highest BCUT2D eigenvalue weighted by Gasteiger charge is 2.30. The molecule has 1 aliphatic carbocycles. The van der Waals surface area contributed by atoms with Crippen LogP contribution in [0.1, 0.15) is 35.2 Å². The smallest absolute Gasteiger partial charge is 0.253 e. The molecule has 0 heterocycles. The van der Waals surface area contributed by atoms with Crippen LogP contribution in [-0.2, 0) is 0 Å². The predicted octanol–water partition coefficient (Wildman–Crippen LogP) is 2.83. The molecule has 0 aromatic heterocycles. The lowest BCUT2D eigenvalue weighted by molar-refractivity contribution is 0.0934. The highest BCUT2D eigenvalue weighted by Crippen LogP contribution is 2.27. The third-order valence-corrected chi connectivity index (χ3v) is 4.18. The summed E-state index contributed by atoms with van der Waals surface area (Å²) in [4.78, 5) is 12.7. The van der Waals surface area contributed by atoms with Gasteiger partial charge in [0.2, 0.25) is 0 Å². The summed E-state index contributed by atoms with van der Waals surface area (Å²) in [5, 5.41) is 3.47. The Balaban J connectivity index is 2.10. The van der Waals surface area contributed by atoms with Crippen LogP contribution in [0.25, 0.3) is 0 Å². The van der Waals surface area contributed by atoms with Crippen LogP contribution in [0.3, 0.4) is 0 Å². The van der Waals surface area contributed by atoms with E-state index in [9.17, 15) is 4.79 Å². The van der Waals surface area contributed by atoms with Crippen LogP contribution in [-0.4, -0.2) is 16.9 Å². The van der Waals surface area contributed by atoms with Crippen molar-refractivity contribution in [2.45, 2.75) is 32.2 Å². The predicted molar refractivity (Wildman–Crippen MR) is 81.6 cm³/mol. The molecular formula is C14H17ClN2OS. The maximum absolute atomic E-state index is 12.2. The minimum Gasteiger partial charge on any atom is -0.393 e. The topological polar surface area (TPSA) is 55.1 Å². The highest BCUT2D eigenvalue weighted by atomic mass is 35.5. The molecule has 0 bridgehead atoms. The van der Waals surface area contributed by atoms with Crippen molar-refractivity contribution in [1.82, 2.24) is 5.32 Å². The number of halogens is 1. The van der Waals surface area contributed by atoms with Gasteiger partial charge >= 0.3 is 0 Å². The molecule has 1 fully saturated rings. The molecule has 2 unspecified atom stereocenters. The van der Waals surface area contributed by atoms with Crippen molar-refractivity contribution in [3.8, 4) is 0 Å². The van der Waals surface area contributed by atoms with E-state index >= 15 is 0 Å². The number of nitrogens with two attached hydrogens (primary N) is 1. The van der Waals surface area contributed by atoms with E-state index in [0.29, 0.717) is 15.6 Å². The summed E-state index contributed by atoms with van der Waals surface area (Å²) in [6.45, 7) is 1.94. The van der Waals surface area contributed by atoms with Gasteiger partial charge in [-0.25, -0.2) is 0 Å². The van der Waals surface area contributed by atoms with E-state index in [1.165, 1.54) is 0 Å². The number of nitrogens with one attached hydrogen (secondary N) is 1. The molecule has 102 valence electrons. The lowest BCUT2D eigenvalue weighted by Crippen LogP contribution is -2.41. The summed E-state index contributed by atoms with van der Waals surface area (Å²) >= 11 is 11.1. The van der Waals surface area contributed by atoms with E-state index in [4.69, 9.17) is 29.6 Å². The first-order valence-corrected chi connectivity index (χ1v) is 7.14. The first-order valence-electron chi connectivity index (χ1n) is 6.35. The monoisotopic (exact) mass is 296 g/mol. The molecule has 0 saturated heterocycles. The van der Waals surface area contributed by atoms with Gasteiger partial charge in [-0.05, 0) is 37.5 Å². The Bertz CT molecular complexity index is 518. The molecule has 0 radical (unpaired) electrons. The molecule has 1 aliphatic rings. The Labute approximate surface area is 123 Å². The largest absolute Gasteiger partial charge is 0.393 e. The van der Waals surface area contributed by atoms with Gasteiger partial charge in [0.05, 0.1) is 15.6 Å². The first-order chi connectivity index (χ1) is 8.99. The summed E-state index contributed by atoms with van der Waals surface area (Å²) in [7, 11) is 0. The molecule has 1 amide bonds. The third-order valence-electron chi connectivity index (χ3n) is 3.57. The van der Waals surface area contributed by atoms with E-state index in [0.717, 1.165) is 24.8 Å². The van der Waals surface area contributed by atoms with Gasteiger partial charge in [0.25, 0.3) is 5.91 Å². The molecule has 3 N–H and O–H groups in total. The maximum Gasteiger partial charge on any atom is 0.253 e. The molecule has 0 aliphatic heterocycles. The standard InChI is InChI=1S/C14H17ClN2OS/c1-8-5-6-9(11(15)7-8)14(18)17-12-4-2-3-10(12)13(16)19/h5-7,10,12H,2-4H2,1H3,(H2,16,19)(H,17,18). The van der Waals surface area contributed by atoms with E-state index < -0.39 is 0 Å². The molecule has 2 atom stereocenters. The Morgan fingerprint density at radius 3 is 2.84 bits per heavy atom. The van der Waals surface area contributed by atoms with Crippen LogP contribution in [0, 0.1) is 12.8 Å². The molecule has 5 heteroatoms. The number of carbonyl (C=O) groups excluding carboxylic acids is 1. The number of benzene rings is 1. The second kappa shape index (κ2) is 5.88. The van der Waals surface area contributed by atoms with Crippen molar-refractivity contribution in [3.63, 3.8) is 0 Å². The minimum absolute atomic E-state index is 0.0300. The van der Waals surface area contributed by atoms with Crippen LogP contribution < -0.4 is 11.1 Å². The number of rotatable bonds is 3. The average molecular weight is 297 g/mol. The van der Waals surface area contributed by atoms with Crippen molar-refractivity contribution >= 4 is 34.7 Å². The number of thiocarbonyl (C=S) groups is 1. The molecule has 0 spiro atoms. The van der Waals surface area contributed by atoms with Gasteiger partial charge in [-0.15, -0.1) is 0 Å². The van der Waals surface area contributed by atoms with Crippen molar-refractivity contribution in [2.75, 3.05) is 0 Å². The molecule has 3 nitrogen and oxygen atoms in total. The van der Waals surface area contributed by atoms with Gasteiger partial charge in [-0.2, -0.15) is 0 Å². The summed E-state index contributed by atoms with van der Waals surface area (Å²) in [6.07, 6.45) is 2.90. The van der Waals surface area contributed by atoms with Crippen LogP contribution in [0.15, 0.2) is 18.2 Å². The third kappa shape index (κ3) is 3.25. The van der Waals surface area contributed by atoms with Crippen LogP contribution in [0.5, 0.6) is 0 Å². The summed E-state index contributed by atoms with van der Waals surface area (Å²) in [6, 6.07) is 5.44. The fraction of sp³-hybridized carbons (Fsp3) is 0.429. The van der Waals surface area contributed by atoms with E-state index in [-0.39, 0.29) is 17.9 Å². The van der Waals surface area contributed by atoms with Crippen LogP contribution >= 0.6 is 23.8 Å². The summed E-state index contributed by atoms with van der Waals surface area (Å²) in [5.74, 6) is -0.0543. The first kappa shape index (κ1) is 14.3. The SMILES string of the molecule is Cc1ccc(C(=O)NC2CCCC2C(N)=S)c(Cl)c1. The van der Waals surface area contributed by atoms with Gasteiger partial charge in [-0.3, -0.25) is 4.79 Å². The molecule has 19 heavy (non-hydrogen) atoms. The van der Waals surface area contributed by atoms with Gasteiger partial charge in [-0.1, -0.05) is 36.3 Å². The van der Waals surface area contributed by atoms with E-state index in [1.54, 1.807) is 12.1 Å². The average Bonchev–Trinajstić information content (AvgIpc) is 2.76. The number of amides is 1. The number of carbonyl (C=O) groups is 1. The molecular weight excluding hydrogens is 280 g/mol. The number of hydrogen-bond acceptors (Lipinski definition) is 2. The normalized spacial score (nSPS) is 22.2. The van der Waals surface area contributed by atoms with E-state index in [1.807, 2.05) is 13.0 Å². The quantitative estimate of drug-likeness (QED) is 0.843. The Morgan fingerprint density at radius 2 is 2.21 bits per heavy atom. The van der Waals surface area contributed by atoms with Gasteiger partial charge < -0.3 is 11.1 Å². The Hall–Kier alpha value is -1.13. The van der Waals surface area contributed by atoms with Gasteiger partial charge in [0.1, 0.15) is 0 Å². The zero-order chi connectivity index (χ0) is 14.0.